The summed E-state index contributed by atoms with van der Waals surface area (Å²) in [4.78, 5) is 10.2. The zero-order valence-electron chi connectivity index (χ0n) is 7.45. The molecule has 1 aromatic carbocycles. The highest BCUT2D eigenvalue weighted by Gasteiger charge is 2.32. The Morgan fingerprint density at radius 1 is 1.27 bits per heavy atom. The first-order chi connectivity index (χ1) is 6.91. The van der Waals surface area contributed by atoms with E-state index in [2.05, 4.69) is 0 Å². The molecule has 0 aromatic heterocycles. The Morgan fingerprint density at radius 2 is 1.87 bits per heavy atom. The molecule has 5 heteroatoms. The second-order valence-corrected chi connectivity index (χ2v) is 2.76. The minimum atomic E-state index is -4.47. The molecule has 0 aliphatic heterocycles. The Balaban J connectivity index is 3.13. The van der Waals surface area contributed by atoms with Crippen LogP contribution in [0.25, 0.3) is 6.08 Å². The average Bonchev–Trinajstić information content (AvgIpc) is 2.13. The van der Waals surface area contributed by atoms with E-state index in [1.165, 1.54) is 18.2 Å². The summed E-state index contributed by atoms with van der Waals surface area (Å²) < 4.78 is 37.2. The van der Waals surface area contributed by atoms with Crippen LogP contribution in [0.1, 0.15) is 11.1 Å². The number of alkyl halides is 3. The first-order valence-corrected chi connectivity index (χ1v) is 3.98. The molecule has 1 aromatic rings. The second-order valence-electron chi connectivity index (χ2n) is 2.76. The molecule has 0 radical (unpaired) electrons. The van der Waals surface area contributed by atoms with Gasteiger partial charge < -0.3 is 5.11 Å². The Bertz CT molecular complexity index is 394. The molecule has 0 aliphatic carbocycles. The number of carboxylic acids is 1. The van der Waals surface area contributed by atoms with E-state index in [4.69, 9.17) is 5.11 Å². The monoisotopic (exact) mass is 216 g/mol. The molecule has 2 nitrogen and oxygen atoms in total. The number of hydrogen-bond donors (Lipinski definition) is 1. The number of rotatable bonds is 2. The average molecular weight is 216 g/mol. The van der Waals surface area contributed by atoms with Crippen LogP contribution in [0.4, 0.5) is 13.2 Å². The number of carboxylic acid groups (broad SMARTS) is 1. The van der Waals surface area contributed by atoms with Gasteiger partial charge in [0.1, 0.15) is 0 Å². The van der Waals surface area contributed by atoms with Gasteiger partial charge in [0.2, 0.25) is 0 Å². The quantitative estimate of drug-likeness (QED) is 0.772. The Labute approximate surface area is 83.7 Å². The van der Waals surface area contributed by atoms with Gasteiger partial charge in [-0.25, -0.2) is 4.79 Å². The van der Waals surface area contributed by atoms with Crippen molar-refractivity contribution in [3.05, 3.63) is 41.5 Å². The molecule has 0 saturated carbocycles. The first kappa shape index (κ1) is 11.3. The van der Waals surface area contributed by atoms with E-state index in [0.29, 0.717) is 6.08 Å². The topological polar surface area (TPSA) is 37.3 Å². The van der Waals surface area contributed by atoms with Crippen LogP contribution in [0.3, 0.4) is 0 Å². The van der Waals surface area contributed by atoms with Gasteiger partial charge in [-0.3, -0.25) is 0 Å². The van der Waals surface area contributed by atoms with Gasteiger partial charge in [0.25, 0.3) is 0 Å². The predicted octanol–water partition coefficient (Wildman–Crippen LogP) is 2.80. The highest BCUT2D eigenvalue weighted by atomic mass is 19.4. The van der Waals surface area contributed by atoms with Crippen LogP contribution in [-0.2, 0) is 11.0 Å². The van der Waals surface area contributed by atoms with Gasteiger partial charge in [-0.05, 0) is 17.7 Å². The summed E-state index contributed by atoms with van der Waals surface area (Å²) in [5, 5.41) is 8.30. The van der Waals surface area contributed by atoms with Gasteiger partial charge >= 0.3 is 12.1 Å². The molecule has 0 spiro atoms. The van der Waals surface area contributed by atoms with E-state index < -0.39 is 17.7 Å². The van der Waals surface area contributed by atoms with Gasteiger partial charge in [-0.1, -0.05) is 18.2 Å². The summed E-state index contributed by atoms with van der Waals surface area (Å²) in [7, 11) is 0. The van der Waals surface area contributed by atoms with Crippen molar-refractivity contribution in [2.75, 3.05) is 0 Å². The standard InChI is InChI=1S/C10H7F3O2/c11-10(12,13)8-4-2-1-3-7(8)5-6-9(14)15/h1-6H,(H,14,15)/b6-5-. The lowest BCUT2D eigenvalue weighted by Gasteiger charge is -2.09. The number of hydrogen-bond acceptors (Lipinski definition) is 1. The minimum absolute atomic E-state index is 0.160. The van der Waals surface area contributed by atoms with Crippen LogP contribution >= 0.6 is 0 Å². The highest BCUT2D eigenvalue weighted by Crippen LogP contribution is 2.32. The van der Waals surface area contributed by atoms with E-state index in [9.17, 15) is 18.0 Å². The van der Waals surface area contributed by atoms with Crippen molar-refractivity contribution in [1.82, 2.24) is 0 Å². The van der Waals surface area contributed by atoms with E-state index in [-0.39, 0.29) is 5.56 Å². The third kappa shape index (κ3) is 3.12. The smallest absolute Gasteiger partial charge is 0.416 e. The fourth-order valence-corrected chi connectivity index (χ4v) is 1.06. The van der Waals surface area contributed by atoms with Crippen molar-refractivity contribution < 1.29 is 23.1 Å². The maximum atomic E-state index is 12.4. The molecule has 0 unspecified atom stereocenters. The highest BCUT2D eigenvalue weighted by molar-refractivity contribution is 5.85. The molecule has 0 bridgehead atoms. The largest absolute Gasteiger partial charge is 0.478 e. The molecular formula is C10H7F3O2. The van der Waals surface area contributed by atoms with Gasteiger partial charge in [0.15, 0.2) is 0 Å². The summed E-state index contributed by atoms with van der Waals surface area (Å²) in [6.45, 7) is 0. The lowest BCUT2D eigenvalue weighted by Crippen LogP contribution is -2.06. The Hall–Kier alpha value is -1.78. The molecule has 15 heavy (non-hydrogen) atoms. The van der Waals surface area contributed by atoms with Crippen molar-refractivity contribution in [3.8, 4) is 0 Å². The minimum Gasteiger partial charge on any atom is -0.478 e. The molecule has 0 aliphatic rings. The maximum Gasteiger partial charge on any atom is 0.416 e. The molecule has 80 valence electrons. The lowest BCUT2D eigenvalue weighted by atomic mass is 10.1. The SMILES string of the molecule is O=C(O)/C=C\c1ccccc1C(F)(F)F. The summed E-state index contributed by atoms with van der Waals surface area (Å²) in [6, 6.07) is 4.78. The first-order valence-electron chi connectivity index (χ1n) is 3.98. The predicted molar refractivity (Wildman–Crippen MR) is 48.1 cm³/mol. The van der Waals surface area contributed by atoms with Crippen molar-refractivity contribution >= 4 is 12.0 Å². The van der Waals surface area contributed by atoms with Crippen LogP contribution in [0.2, 0.25) is 0 Å². The van der Waals surface area contributed by atoms with Crippen molar-refractivity contribution in [1.29, 1.82) is 0 Å². The molecule has 1 N–H and O–H groups in total. The molecular weight excluding hydrogens is 209 g/mol. The second kappa shape index (κ2) is 4.16. The van der Waals surface area contributed by atoms with Crippen LogP contribution < -0.4 is 0 Å². The van der Waals surface area contributed by atoms with Crippen LogP contribution in [0.5, 0.6) is 0 Å². The third-order valence-corrected chi connectivity index (χ3v) is 1.67. The number of carbonyl (C=O) groups is 1. The zero-order chi connectivity index (χ0) is 11.5. The number of benzene rings is 1. The summed E-state index contributed by atoms with van der Waals surface area (Å²) in [5.74, 6) is -1.29. The number of aliphatic carboxylic acids is 1. The van der Waals surface area contributed by atoms with Crippen molar-refractivity contribution in [2.45, 2.75) is 6.18 Å². The molecule has 0 amide bonds. The molecule has 0 heterocycles. The van der Waals surface area contributed by atoms with Crippen LogP contribution in [-0.4, -0.2) is 11.1 Å². The van der Waals surface area contributed by atoms with Crippen LogP contribution in [0, 0.1) is 0 Å². The van der Waals surface area contributed by atoms with Crippen molar-refractivity contribution in [3.63, 3.8) is 0 Å². The zero-order valence-corrected chi connectivity index (χ0v) is 7.45. The van der Waals surface area contributed by atoms with E-state index in [1.54, 1.807) is 0 Å². The maximum absolute atomic E-state index is 12.4. The fraction of sp³-hybridized carbons (Fsp3) is 0.100. The molecule has 1 rings (SSSR count). The Kier molecular flexibility index (Phi) is 3.14. The molecule has 0 saturated heterocycles. The molecule has 0 atom stereocenters. The van der Waals surface area contributed by atoms with Crippen LogP contribution in [0.15, 0.2) is 30.3 Å². The summed E-state index contributed by atoms with van der Waals surface area (Å²) >= 11 is 0. The normalized spacial score (nSPS) is 11.9. The lowest BCUT2D eigenvalue weighted by molar-refractivity contribution is -0.138. The van der Waals surface area contributed by atoms with Crippen molar-refractivity contribution in [2.24, 2.45) is 0 Å². The summed E-state index contributed by atoms with van der Waals surface area (Å²) in [5.41, 5.74) is -1.00. The third-order valence-electron chi connectivity index (χ3n) is 1.67. The number of halogens is 3. The fourth-order valence-electron chi connectivity index (χ4n) is 1.06. The van der Waals surface area contributed by atoms with Gasteiger partial charge in [0, 0.05) is 6.08 Å². The van der Waals surface area contributed by atoms with Gasteiger partial charge in [-0.15, -0.1) is 0 Å². The molecule has 0 fully saturated rings. The Morgan fingerprint density at radius 3 is 2.40 bits per heavy atom. The van der Waals surface area contributed by atoms with E-state index in [0.717, 1.165) is 12.1 Å². The van der Waals surface area contributed by atoms with Gasteiger partial charge in [0.05, 0.1) is 5.56 Å². The van der Waals surface area contributed by atoms with E-state index in [1.807, 2.05) is 0 Å². The summed E-state index contributed by atoms with van der Waals surface area (Å²) in [6.07, 6.45) is -2.88. The van der Waals surface area contributed by atoms with Gasteiger partial charge in [-0.2, -0.15) is 13.2 Å². The van der Waals surface area contributed by atoms with E-state index >= 15 is 0 Å².